The van der Waals surface area contributed by atoms with Gasteiger partial charge in [0.05, 0.1) is 17.9 Å². The lowest BCUT2D eigenvalue weighted by atomic mass is 9.89. The molecule has 0 amide bonds. The maximum Gasteiger partial charge on any atom is 0.141 e. The summed E-state index contributed by atoms with van der Waals surface area (Å²) >= 11 is 0. The van der Waals surface area contributed by atoms with Crippen LogP contribution in [-0.2, 0) is 4.74 Å². The summed E-state index contributed by atoms with van der Waals surface area (Å²) in [7, 11) is 0. The van der Waals surface area contributed by atoms with E-state index in [0.717, 1.165) is 31.7 Å². The molecule has 1 aliphatic heterocycles. The summed E-state index contributed by atoms with van der Waals surface area (Å²) in [6.07, 6.45) is 3.36. The summed E-state index contributed by atoms with van der Waals surface area (Å²) in [5.74, 6) is 0.230. The van der Waals surface area contributed by atoms with Crippen LogP contribution in [0.15, 0.2) is 18.3 Å². The Hall–Kier alpha value is -1.00. The Morgan fingerprint density at radius 2 is 2.06 bits per heavy atom. The Kier molecular flexibility index (Phi) is 4.66. The summed E-state index contributed by atoms with van der Waals surface area (Å²) in [6.45, 7) is 5.86. The number of halogens is 1. The van der Waals surface area contributed by atoms with E-state index in [0.29, 0.717) is 12.0 Å². The van der Waals surface area contributed by atoms with Crippen LogP contribution in [0.3, 0.4) is 0 Å². The second-order valence-electron chi connectivity index (χ2n) is 5.15. The molecule has 1 aromatic rings. The molecule has 100 valence electrons. The van der Waals surface area contributed by atoms with E-state index in [4.69, 9.17) is 4.74 Å². The molecule has 1 aliphatic rings. The van der Waals surface area contributed by atoms with E-state index in [1.54, 1.807) is 6.07 Å². The molecule has 1 aromatic heterocycles. The van der Waals surface area contributed by atoms with Crippen molar-refractivity contribution in [1.82, 2.24) is 10.3 Å². The maximum absolute atomic E-state index is 13.0. The van der Waals surface area contributed by atoms with Gasteiger partial charge in [-0.3, -0.25) is 4.98 Å². The summed E-state index contributed by atoms with van der Waals surface area (Å²) < 4.78 is 18.4. The van der Waals surface area contributed by atoms with Gasteiger partial charge >= 0.3 is 0 Å². The van der Waals surface area contributed by atoms with Gasteiger partial charge in [-0.15, -0.1) is 0 Å². The van der Waals surface area contributed by atoms with Crippen LogP contribution in [0.5, 0.6) is 0 Å². The fourth-order valence-corrected chi connectivity index (χ4v) is 2.44. The predicted octanol–water partition coefficient (Wildman–Crippen LogP) is 2.69. The van der Waals surface area contributed by atoms with Gasteiger partial charge in [0, 0.05) is 19.3 Å². The van der Waals surface area contributed by atoms with Crippen molar-refractivity contribution in [2.45, 2.75) is 38.8 Å². The zero-order valence-corrected chi connectivity index (χ0v) is 11.0. The van der Waals surface area contributed by atoms with E-state index in [1.807, 2.05) is 0 Å². The molecule has 1 atom stereocenters. The molecule has 4 heteroatoms. The number of hydrogen-bond acceptors (Lipinski definition) is 3. The number of pyridine rings is 1. The van der Waals surface area contributed by atoms with Gasteiger partial charge < -0.3 is 10.1 Å². The van der Waals surface area contributed by atoms with Crippen molar-refractivity contribution in [3.63, 3.8) is 0 Å². The molecule has 0 saturated carbocycles. The maximum atomic E-state index is 13.0. The van der Waals surface area contributed by atoms with E-state index in [1.165, 1.54) is 12.3 Å². The first-order valence-corrected chi connectivity index (χ1v) is 6.62. The molecule has 0 bridgehead atoms. The highest BCUT2D eigenvalue weighted by Crippen LogP contribution is 2.29. The van der Waals surface area contributed by atoms with E-state index in [-0.39, 0.29) is 11.9 Å². The molecule has 1 N–H and O–H groups in total. The molecule has 3 nitrogen and oxygen atoms in total. The molecule has 2 rings (SSSR count). The van der Waals surface area contributed by atoms with Crippen LogP contribution < -0.4 is 5.32 Å². The molecule has 2 heterocycles. The number of hydrogen-bond donors (Lipinski definition) is 1. The van der Waals surface area contributed by atoms with Crippen LogP contribution in [0.1, 0.15) is 38.4 Å². The minimum absolute atomic E-state index is 0.189. The normalized spacial score (nSPS) is 19.1. The lowest BCUT2D eigenvalue weighted by Crippen LogP contribution is -2.36. The van der Waals surface area contributed by atoms with Crippen LogP contribution in [0.4, 0.5) is 4.39 Å². The highest BCUT2D eigenvalue weighted by Gasteiger charge is 2.26. The van der Waals surface area contributed by atoms with Gasteiger partial charge in [0.2, 0.25) is 0 Å². The fourth-order valence-electron chi connectivity index (χ4n) is 2.44. The van der Waals surface area contributed by atoms with Gasteiger partial charge in [0.15, 0.2) is 0 Å². The van der Waals surface area contributed by atoms with Gasteiger partial charge in [-0.25, -0.2) is 4.39 Å². The second-order valence-corrected chi connectivity index (χ2v) is 5.15. The Balaban J connectivity index is 2.15. The van der Waals surface area contributed by atoms with Crippen LogP contribution in [0.25, 0.3) is 0 Å². The lowest BCUT2D eigenvalue weighted by Gasteiger charge is -2.32. The molecule has 1 unspecified atom stereocenters. The smallest absolute Gasteiger partial charge is 0.141 e. The lowest BCUT2D eigenvalue weighted by molar-refractivity contribution is 0.0518. The topological polar surface area (TPSA) is 34.2 Å². The van der Waals surface area contributed by atoms with E-state index in [2.05, 4.69) is 24.1 Å². The van der Waals surface area contributed by atoms with Gasteiger partial charge in [0.25, 0.3) is 0 Å². The van der Waals surface area contributed by atoms with Crippen molar-refractivity contribution in [2.24, 2.45) is 5.92 Å². The van der Waals surface area contributed by atoms with Gasteiger partial charge in [-0.05, 0) is 30.9 Å². The number of nitrogens with one attached hydrogen (secondary N) is 1. The van der Waals surface area contributed by atoms with Gasteiger partial charge in [-0.1, -0.05) is 13.8 Å². The van der Waals surface area contributed by atoms with Crippen molar-refractivity contribution in [2.75, 3.05) is 13.2 Å². The monoisotopic (exact) mass is 252 g/mol. The van der Waals surface area contributed by atoms with E-state index >= 15 is 0 Å². The first-order chi connectivity index (χ1) is 8.66. The largest absolute Gasteiger partial charge is 0.381 e. The summed E-state index contributed by atoms with van der Waals surface area (Å²) in [5, 5.41) is 3.54. The molecule has 0 aliphatic carbocycles. The number of aromatic nitrogens is 1. The third-order valence-electron chi connectivity index (χ3n) is 3.32. The standard InChI is InChI=1S/C14H21FN2O/c1-10(2)17-14(11-5-7-18-8-6-11)13-4-3-12(15)9-16-13/h3-4,9-11,14,17H,5-8H2,1-2H3. The first kappa shape index (κ1) is 13.4. The third kappa shape index (κ3) is 3.50. The van der Waals surface area contributed by atoms with Crippen LogP contribution >= 0.6 is 0 Å². The van der Waals surface area contributed by atoms with Gasteiger partial charge in [0.1, 0.15) is 5.82 Å². The first-order valence-electron chi connectivity index (χ1n) is 6.62. The Bertz CT molecular complexity index is 361. The Morgan fingerprint density at radius 1 is 1.33 bits per heavy atom. The van der Waals surface area contributed by atoms with Crippen LogP contribution in [0, 0.1) is 11.7 Å². The average molecular weight is 252 g/mol. The molecule has 0 spiro atoms. The minimum atomic E-state index is -0.283. The van der Waals surface area contributed by atoms with Crippen molar-refractivity contribution in [3.8, 4) is 0 Å². The fraction of sp³-hybridized carbons (Fsp3) is 0.643. The zero-order valence-electron chi connectivity index (χ0n) is 11.0. The van der Waals surface area contributed by atoms with Crippen molar-refractivity contribution in [3.05, 3.63) is 29.8 Å². The number of ether oxygens (including phenoxy) is 1. The van der Waals surface area contributed by atoms with E-state index in [9.17, 15) is 4.39 Å². The van der Waals surface area contributed by atoms with Crippen molar-refractivity contribution < 1.29 is 9.13 Å². The Labute approximate surface area is 108 Å². The minimum Gasteiger partial charge on any atom is -0.381 e. The van der Waals surface area contributed by atoms with Crippen LogP contribution in [-0.4, -0.2) is 24.2 Å². The van der Waals surface area contributed by atoms with Crippen LogP contribution in [0.2, 0.25) is 0 Å². The molecule has 1 saturated heterocycles. The molecular formula is C14H21FN2O. The third-order valence-corrected chi connectivity index (χ3v) is 3.32. The molecular weight excluding hydrogens is 231 g/mol. The number of rotatable bonds is 4. The highest BCUT2D eigenvalue weighted by atomic mass is 19.1. The highest BCUT2D eigenvalue weighted by molar-refractivity contribution is 5.11. The molecule has 1 fully saturated rings. The summed E-state index contributed by atoms with van der Waals surface area (Å²) in [4.78, 5) is 4.23. The predicted molar refractivity (Wildman–Crippen MR) is 68.8 cm³/mol. The molecule has 0 radical (unpaired) electrons. The molecule has 18 heavy (non-hydrogen) atoms. The summed E-state index contributed by atoms with van der Waals surface area (Å²) in [6, 6.07) is 3.83. The SMILES string of the molecule is CC(C)NC(c1ccc(F)cn1)C1CCOCC1. The number of nitrogens with zero attached hydrogens (tertiary/aromatic N) is 1. The Morgan fingerprint density at radius 3 is 2.61 bits per heavy atom. The van der Waals surface area contributed by atoms with Crippen molar-refractivity contribution >= 4 is 0 Å². The summed E-state index contributed by atoms with van der Waals surface area (Å²) in [5.41, 5.74) is 0.928. The van der Waals surface area contributed by atoms with Gasteiger partial charge in [-0.2, -0.15) is 0 Å². The zero-order chi connectivity index (χ0) is 13.0. The van der Waals surface area contributed by atoms with E-state index < -0.39 is 0 Å². The average Bonchev–Trinajstić information content (AvgIpc) is 2.38. The second kappa shape index (κ2) is 6.25. The quantitative estimate of drug-likeness (QED) is 0.894. The van der Waals surface area contributed by atoms with Crippen molar-refractivity contribution in [1.29, 1.82) is 0 Å². The molecule has 0 aromatic carbocycles.